The Morgan fingerprint density at radius 2 is 2.15 bits per heavy atom. The summed E-state index contributed by atoms with van der Waals surface area (Å²) in [7, 11) is 0. The molecule has 0 spiro atoms. The highest BCUT2D eigenvalue weighted by Gasteiger charge is 2.23. The van der Waals surface area contributed by atoms with Gasteiger partial charge in [-0.15, -0.1) is 0 Å². The second-order valence-electron chi connectivity index (χ2n) is 5.47. The van der Waals surface area contributed by atoms with Gasteiger partial charge in [0.15, 0.2) is 0 Å². The average molecular weight is 275 g/mol. The van der Waals surface area contributed by atoms with Gasteiger partial charge in [0.25, 0.3) is 0 Å². The highest BCUT2D eigenvalue weighted by atomic mass is 16.5. The minimum Gasteiger partial charge on any atom is -0.493 e. The molecule has 0 bridgehead atoms. The predicted molar refractivity (Wildman–Crippen MR) is 75.6 cm³/mol. The van der Waals surface area contributed by atoms with Crippen LogP contribution in [0.5, 0.6) is 5.75 Å². The Hall–Kier alpha value is -1.55. The number of ether oxygens (including phenoxy) is 2. The van der Waals surface area contributed by atoms with Crippen LogP contribution in [0, 0.1) is 0 Å². The van der Waals surface area contributed by atoms with Crippen molar-refractivity contribution in [1.82, 2.24) is 5.32 Å². The van der Waals surface area contributed by atoms with Crippen LogP contribution in [0.3, 0.4) is 0 Å². The monoisotopic (exact) mass is 275 g/mol. The molecule has 3 rings (SSSR count). The lowest BCUT2D eigenvalue weighted by molar-refractivity contribution is -0.122. The summed E-state index contributed by atoms with van der Waals surface area (Å²) in [5.41, 5.74) is 1.09. The quantitative estimate of drug-likeness (QED) is 0.918. The van der Waals surface area contributed by atoms with Crippen LogP contribution in [0.25, 0.3) is 0 Å². The summed E-state index contributed by atoms with van der Waals surface area (Å²) in [6.07, 6.45) is 4.71. The third-order valence-electron chi connectivity index (χ3n) is 4.01. The lowest BCUT2D eigenvalue weighted by atomic mass is 10.00. The fourth-order valence-corrected chi connectivity index (χ4v) is 2.92. The van der Waals surface area contributed by atoms with Gasteiger partial charge >= 0.3 is 0 Å². The summed E-state index contributed by atoms with van der Waals surface area (Å²) in [5.74, 6) is 1.00. The molecule has 1 saturated heterocycles. The van der Waals surface area contributed by atoms with Crippen molar-refractivity contribution in [2.75, 3.05) is 13.2 Å². The van der Waals surface area contributed by atoms with E-state index in [-0.39, 0.29) is 18.1 Å². The maximum Gasteiger partial charge on any atom is 0.220 e. The van der Waals surface area contributed by atoms with Gasteiger partial charge in [-0.25, -0.2) is 0 Å². The van der Waals surface area contributed by atoms with Crippen molar-refractivity contribution in [2.24, 2.45) is 0 Å². The fraction of sp³-hybridized carbons (Fsp3) is 0.562. The SMILES string of the molecule is O=C(CCC1CCCO1)NC1CCOc2ccccc21. The van der Waals surface area contributed by atoms with E-state index in [0.29, 0.717) is 13.0 Å². The summed E-state index contributed by atoms with van der Waals surface area (Å²) < 4.78 is 11.2. The molecule has 1 amide bonds. The molecule has 2 heterocycles. The number of nitrogens with one attached hydrogen (secondary N) is 1. The number of carbonyl (C=O) groups is 1. The normalized spacial score (nSPS) is 24.8. The summed E-state index contributed by atoms with van der Waals surface area (Å²) in [6.45, 7) is 1.51. The molecule has 2 aliphatic heterocycles. The zero-order valence-corrected chi connectivity index (χ0v) is 11.6. The van der Waals surface area contributed by atoms with Gasteiger partial charge in [-0.05, 0) is 25.3 Å². The summed E-state index contributed by atoms with van der Waals surface area (Å²) in [5, 5.41) is 3.12. The molecule has 20 heavy (non-hydrogen) atoms. The Labute approximate surface area is 119 Å². The van der Waals surface area contributed by atoms with Crippen molar-refractivity contribution in [2.45, 2.75) is 44.2 Å². The minimum atomic E-state index is 0.0805. The van der Waals surface area contributed by atoms with Crippen LogP contribution in [0.2, 0.25) is 0 Å². The van der Waals surface area contributed by atoms with Gasteiger partial charge in [0, 0.05) is 25.0 Å². The number of hydrogen-bond acceptors (Lipinski definition) is 3. The van der Waals surface area contributed by atoms with Gasteiger partial charge in [-0.1, -0.05) is 18.2 Å². The van der Waals surface area contributed by atoms with E-state index in [2.05, 4.69) is 5.32 Å². The van der Waals surface area contributed by atoms with Gasteiger partial charge in [0.05, 0.1) is 18.8 Å². The van der Waals surface area contributed by atoms with Crippen molar-refractivity contribution < 1.29 is 14.3 Å². The molecule has 2 unspecified atom stereocenters. The number of benzene rings is 1. The average Bonchev–Trinajstić information content (AvgIpc) is 2.99. The fourth-order valence-electron chi connectivity index (χ4n) is 2.92. The molecule has 4 heteroatoms. The number of fused-ring (bicyclic) bond motifs is 1. The van der Waals surface area contributed by atoms with E-state index in [1.165, 1.54) is 0 Å². The maximum atomic E-state index is 12.1. The molecule has 1 aromatic rings. The van der Waals surface area contributed by atoms with E-state index in [9.17, 15) is 4.79 Å². The second kappa shape index (κ2) is 6.27. The number of amides is 1. The summed E-state index contributed by atoms with van der Waals surface area (Å²) in [4.78, 5) is 12.1. The molecule has 0 saturated carbocycles. The molecule has 108 valence electrons. The lowest BCUT2D eigenvalue weighted by Gasteiger charge is -2.26. The molecule has 0 aromatic heterocycles. The minimum absolute atomic E-state index is 0.0805. The van der Waals surface area contributed by atoms with E-state index in [4.69, 9.17) is 9.47 Å². The Morgan fingerprint density at radius 3 is 3.00 bits per heavy atom. The smallest absolute Gasteiger partial charge is 0.220 e. The molecule has 1 aromatic carbocycles. The van der Waals surface area contributed by atoms with Crippen LogP contribution in [0.15, 0.2) is 24.3 Å². The third kappa shape index (κ3) is 3.12. The summed E-state index contributed by atoms with van der Waals surface area (Å²) >= 11 is 0. The Kier molecular flexibility index (Phi) is 4.21. The van der Waals surface area contributed by atoms with Crippen molar-refractivity contribution >= 4 is 5.91 Å². The van der Waals surface area contributed by atoms with E-state index >= 15 is 0 Å². The standard InChI is InChI=1S/C16H21NO3/c18-16(8-7-12-4-3-10-19-12)17-14-9-11-20-15-6-2-1-5-13(14)15/h1-2,5-6,12,14H,3-4,7-11H2,(H,17,18). The first-order valence-electron chi connectivity index (χ1n) is 7.45. The number of hydrogen-bond donors (Lipinski definition) is 1. The van der Waals surface area contributed by atoms with Crippen molar-refractivity contribution in [3.63, 3.8) is 0 Å². The van der Waals surface area contributed by atoms with Crippen LogP contribution in [0.1, 0.15) is 43.7 Å². The third-order valence-corrected chi connectivity index (χ3v) is 4.01. The van der Waals surface area contributed by atoms with Gasteiger partial charge in [-0.3, -0.25) is 4.79 Å². The Morgan fingerprint density at radius 1 is 1.25 bits per heavy atom. The molecule has 0 aliphatic carbocycles. The summed E-state index contributed by atoms with van der Waals surface area (Å²) in [6, 6.07) is 8.01. The first-order valence-corrected chi connectivity index (χ1v) is 7.45. The predicted octanol–water partition coefficient (Wildman–Crippen LogP) is 2.59. The number of rotatable bonds is 4. The number of carbonyl (C=O) groups excluding carboxylic acids is 1. The van der Waals surface area contributed by atoms with E-state index in [1.807, 2.05) is 24.3 Å². The van der Waals surface area contributed by atoms with Crippen molar-refractivity contribution in [1.29, 1.82) is 0 Å². The Bertz CT molecular complexity index is 469. The van der Waals surface area contributed by atoms with Crippen LogP contribution in [0.4, 0.5) is 0 Å². The lowest BCUT2D eigenvalue weighted by Crippen LogP contribution is -2.32. The molecule has 2 atom stereocenters. The first kappa shape index (κ1) is 13.4. The molecule has 4 nitrogen and oxygen atoms in total. The van der Waals surface area contributed by atoms with Crippen LogP contribution >= 0.6 is 0 Å². The van der Waals surface area contributed by atoms with E-state index < -0.39 is 0 Å². The van der Waals surface area contributed by atoms with Crippen LogP contribution in [-0.4, -0.2) is 25.2 Å². The second-order valence-corrected chi connectivity index (χ2v) is 5.47. The molecular formula is C16H21NO3. The van der Waals surface area contributed by atoms with E-state index in [0.717, 1.165) is 43.6 Å². The van der Waals surface area contributed by atoms with Gasteiger partial charge in [-0.2, -0.15) is 0 Å². The Balaban J connectivity index is 1.54. The topological polar surface area (TPSA) is 47.6 Å². The molecule has 0 radical (unpaired) electrons. The maximum absolute atomic E-state index is 12.1. The largest absolute Gasteiger partial charge is 0.493 e. The van der Waals surface area contributed by atoms with Crippen LogP contribution in [-0.2, 0) is 9.53 Å². The highest BCUT2D eigenvalue weighted by molar-refractivity contribution is 5.76. The van der Waals surface area contributed by atoms with Crippen molar-refractivity contribution in [3.8, 4) is 5.75 Å². The highest BCUT2D eigenvalue weighted by Crippen LogP contribution is 2.31. The van der Waals surface area contributed by atoms with Gasteiger partial charge in [0.2, 0.25) is 5.91 Å². The first-order chi connectivity index (χ1) is 9.83. The van der Waals surface area contributed by atoms with Gasteiger partial charge in [0.1, 0.15) is 5.75 Å². The molecule has 1 N–H and O–H groups in total. The van der Waals surface area contributed by atoms with Crippen LogP contribution < -0.4 is 10.1 Å². The molecule has 1 fully saturated rings. The molecule has 2 aliphatic rings. The zero-order chi connectivity index (χ0) is 13.8. The molecular weight excluding hydrogens is 254 g/mol. The zero-order valence-electron chi connectivity index (χ0n) is 11.6. The number of para-hydroxylation sites is 1. The van der Waals surface area contributed by atoms with E-state index in [1.54, 1.807) is 0 Å². The van der Waals surface area contributed by atoms with Gasteiger partial charge < -0.3 is 14.8 Å². The van der Waals surface area contributed by atoms with Crippen molar-refractivity contribution in [3.05, 3.63) is 29.8 Å².